The van der Waals surface area contributed by atoms with Gasteiger partial charge in [0, 0.05) is 45.1 Å². The molecule has 0 spiro atoms. The molecule has 1 fully saturated rings. The number of piperazine rings is 1. The van der Waals surface area contributed by atoms with E-state index in [1.807, 2.05) is 66.7 Å². The first-order valence-corrected chi connectivity index (χ1v) is 12.6. The van der Waals surface area contributed by atoms with Gasteiger partial charge >= 0.3 is 0 Å². The van der Waals surface area contributed by atoms with Crippen molar-refractivity contribution in [1.29, 1.82) is 0 Å². The number of aliphatic imine (C=N–C) groups is 1. The Kier molecular flexibility index (Phi) is 7.04. The van der Waals surface area contributed by atoms with Crippen LogP contribution in [0.3, 0.4) is 0 Å². The van der Waals surface area contributed by atoms with Crippen LogP contribution in [-0.2, 0) is 0 Å². The number of benzene rings is 2. The van der Waals surface area contributed by atoms with Gasteiger partial charge in [0.1, 0.15) is 12.5 Å². The van der Waals surface area contributed by atoms with E-state index in [1.54, 1.807) is 7.11 Å². The average molecular weight is 488 g/mol. The zero-order valence-electron chi connectivity index (χ0n) is 21.2. The summed E-state index contributed by atoms with van der Waals surface area (Å²) in [5.41, 5.74) is 1.32. The largest absolute Gasteiger partial charge is 0.493 e. The van der Waals surface area contributed by atoms with Crippen LogP contribution in [0.25, 0.3) is 10.8 Å². The number of rotatable bonds is 7. The minimum atomic E-state index is 0.00424. The van der Waals surface area contributed by atoms with Gasteiger partial charge in [0.15, 0.2) is 11.5 Å². The molecule has 2 aliphatic heterocycles. The number of aromatic nitrogens is 1. The predicted octanol–water partition coefficient (Wildman–Crippen LogP) is 4.36. The zero-order valence-corrected chi connectivity index (χ0v) is 21.2. The molecule has 1 aromatic heterocycles. The molecule has 0 aliphatic carbocycles. The van der Waals surface area contributed by atoms with E-state index in [-0.39, 0.29) is 11.9 Å². The third kappa shape index (κ3) is 4.73. The maximum atomic E-state index is 13.3. The van der Waals surface area contributed by atoms with Crippen molar-refractivity contribution in [2.24, 2.45) is 4.99 Å². The van der Waals surface area contributed by atoms with Crippen molar-refractivity contribution in [2.75, 3.05) is 51.5 Å². The van der Waals surface area contributed by atoms with E-state index in [0.29, 0.717) is 36.0 Å². The van der Waals surface area contributed by atoms with Gasteiger partial charge in [-0.05, 0) is 60.5 Å². The normalized spacial score (nSPS) is 18.3. The topological polar surface area (TPSA) is 70.5 Å². The molecule has 2 aliphatic rings. The molecule has 5 rings (SSSR count). The van der Waals surface area contributed by atoms with Crippen molar-refractivity contribution < 1.29 is 14.3 Å². The maximum absolute atomic E-state index is 13.3. The molecule has 36 heavy (non-hydrogen) atoms. The quantitative estimate of drug-likeness (QED) is 0.493. The van der Waals surface area contributed by atoms with Crippen molar-refractivity contribution in [2.45, 2.75) is 26.3 Å². The van der Waals surface area contributed by atoms with Gasteiger partial charge in [0.25, 0.3) is 5.91 Å². The lowest BCUT2D eigenvalue weighted by atomic mass is 10.0. The highest BCUT2D eigenvalue weighted by atomic mass is 16.5. The first-order valence-electron chi connectivity index (χ1n) is 12.6. The van der Waals surface area contributed by atoms with Crippen LogP contribution in [-0.4, -0.2) is 79.5 Å². The number of nitrogens with zero attached hydrogens (tertiary/aromatic N) is 5. The van der Waals surface area contributed by atoms with Gasteiger partial charge in [0.2, 0.25) is 0 Å². The molecule has 2 aromatic carbocycles. The summed E-state index contributed by atoms with van der Waals surface area (Å²) in [6.07, 6.45) is 4.56. The number of anilines is 1. The number of carbonyl (C=O) groups excluding carboxylic acids is 1. The second kappa shape index (κ2) is 10.5. The van der Waals surface area contributed by atoms with E-state index in [1.165, 1.54) is 0 Å². The highest BCUT2D eigenvalue weighted by Gasteiger charge is 2.26. The zero-order chi connectivity index (χ0) is 25.1. The summed E-state index contributed by atoms with van der Waals surface area (Å²) in [7, 11) is 1.64. The predicted molar refractivity (Wildman–Crippen MR) is 143 cm³/mol. The minimum Gasteiger partial charge on any atom is -0.493 e. The molecule has 0 bridgehead atoms. The molecule has 0 saturated carbocycles. The minimum absolute atomic E-state index is 0.00424. The molecule has 0 N–H and O–H groups in total. The van der Waals surface area contributed by atoms with Gasteiger partial charge in [-0.15, -0.1) is 0 Å². The highest BCUT2D eigenvalue weighted by molar-refractivity contribution is 6.06. The Bertz CT molecular complexity index is 1260. The third-order valence-corrected chi connectivity index (χ3v) is 7.02. The molecule has 3 aromatic rings. The fourth-order valence-electron chi connectivity index (χ4n) is 4.91. The summed E-state index contributed by atoms with van der Waals surface area (Å²) in [5.74, 6) is 2.37. The van der Waals surface area contributed by atoms with Crippen molar-refractivity contribution in [1.82, 2.24) is 14.8 Å². The third-order valence-electron chi connectivity index (χ3n) is 7.02. The van der Waals surface area contributed by atoms with E-state index < -0.39 is 0 Å². The lowest BCUT2D eigenvalue weighted by Crippen LogP contribution is -2.47. The van der Waals surface area contributed by atoms with Crippen molar-refractivity contribution in [3.05, 3.63) is 54.2 Å². The van der Waals surface area contributed by atoms with Crippen LogP contribution in [0.5, 0.6) is 11.5 Å². The van der Waals surface area contributed by atoms with Crippen molar-refractivity contribution in [3.63, 3.8) is 0 Å². The fraction of sp³-hybridized carbons (Fsp3) is 0.393. The molecular weight excluding hydrogens is 454 g/mol. The lowest BCUT2D eigenvalue weighted by molar-refractivity contribution is 0.0738. The summed E-state index contributed by atoms with van der Waals surface area (Å²) in [6.45, 7) is 8.79. The summed E-state index contributed by atoms with van der Waals surface area (Å²) in [6, 6.07) is 13.8. The number of fused-ring (bicyclic) bond motifs is 2. The molecule has 8 heteroatoms. The number of carbonyl (C=O) groups is 1. The van der Waals surface area contributed by atoms with Crippen LogP contribution < -0.4 is 14.4 Å². The molecule has 188 valence electrons. The van der Waals surface area contributed by atoms with Gasteiger partial charge in [-0.2, -0.15) is 0 Å². The van der Waals surface area contributed by atoms with Crippen LogP contribution in [0.15, 0.2) is 53.7 Å². The van der Waals surface area contributed by atoms with Gasteiger partial charge in [-0.3, -0.25) is 14.7 Å². The first-order chi connectivity index (χ1) is 17.6. The van der Waals surface area contributed by atoms with Gasteiger partial charge in [-0.25, -0.2) is 4.98 Å². The van der Waals surface area contributed by atoms with E-state index in [9.17, 15) is 4.79 Å². The van der Waals surface area contributed by atoms with Crippen LogP contribution in [0.2, 0.25) is 0 Å². The van der Waals surface area contributed by atoms with Gasteiger partial charge in [0.05, 0.1) is 24.4 Å². The van der Waals surface area contributed by atoms with Crippen molar-refractivity contribution >= 4 is 34.4 Å². The average Bonchev–Trinajstić information content (AvgIpc) is 3.06. The molecule has 8 nitrogen and oxygen atoms in total. The van der Waals surface area contributed by atoms with Gasteiger partial charge < -0.3 is 19.3 Å². The summed E-state index contributed by atoms with van der Waals surface area (Å²) in [4.78, 5) is 28.9. The number of methoxy groups -OCH3 is 1. The number of amides is 1. The molecule has 0 radical (unpaired) electrons. The molecule has 1 amide bonds. The molecule has 1 unspecified atom stereocenters. The Hall–Kier alpha value is -3.65. The van der Waals surface area contributed by atoms with Crippen molar-refractivity contribution in [3.8, 4) is 11.5 Å². The molecular formula is C28H33N5O3. The van der Waals surface area contributed by atoms with E-state index in [4.69, 9.17) is 9.47 Å². The number of hydrogen-bond acceptors (Lipinski definition) is 7. The van der Waals surface area contributed by atoms with Crippen LogP contribution in [0.1, 0.15) is 30.6 Å². The Morgan fingerprint density at radius 3 is 2.47 bits per heavy atom. The molecule has 1 atom stereocenters. The second-order valence-corrected chi connectivity index (χ2v) is 9.13. The van der Waals surface area contributed by atoms with Crippen LogP contribution >= 0.6 is 0 Å². The SMILES string of the molecule is CCC1C=Nc2cc3cc(OCN4CCN(c5ccccn5)CC4)c(OC)cc3cc2C(=O)N1CC. The summed E-state index contributed by atoms with van der Waals surface area (Å²) >= 11 is 0. The number of pyridine rings is 1. The summed E-state index contributed by atoms with van der Waals surface area (Å²) < 4.78 is 11.9. The van der Waals surface area contributed by atoms with E-state index in [2.05, 4.69) is 26.7 Å². The Labute approximate surface area is 212 Å². The lowest BCUT2D eigenvalue weighted by Gasteiger charge is -2.35. The molecule has 1 saturated heterocycles. The first kappa shape index (κ1) is 24.1. The highest BCUT2D eigenvalue weighted by Crippen LogP contribution is 2.37. The van der Waals surface area contributed by atoms with Gasteiger partial charge in [-0.1, -0.05) is 13.0 Å². The second-order valence-electron chi connectivity index (χ2n) is 9.13. The van der Waals surface area contributed by atoms with Crippen LogP contribution in [0.4, 0.5) is 11.5 Å². The monoisotopic (exact) mass is 487 g/mol. The number of hydrogen-bond donors (Lipinski definition) is 0. The smallest absolute Gasteiger partial charge is 0.256 e. The fourth-order valence-corrected chi connectivity index (χ4v) is 4.91. The Morgan fingerprint density at radius 2 is 1.78 bits per heavy atom. The Morgan fingerprint density at radius 1 is 1.00 bits per heavy atom. The van der Waals surface area contributed by atoms with Crippen LogP contribution in [0, 0.1) is 0 Å². The maximum Gasteiger partial charge on any atom is 0.256 e. The molecule has 3 heterocycles. The number of ether oxygens (including phenoxy) is 2. The van der Waals surface area contributed by atoms with E-state index in [0.717, 1.165) is 49.2 Å². The summed E-state index contributed by atoms with van der Waals surface area (Å²) in [5, 5.41) is 1.89. The van der Waals surface area contributed by atoms with E-state index >= 15 is 0 Å². The standard InChI is InChI=1S/C28H33N5O3/c1-4-22-18-30-24-15-21-17-26(25(35-3)16-20(21)14-23(24)28(34)33(22)5-2)36-19-31-10-12-32(13-11-31)27-8-6-7-9-29-27/h6-9,14-18,22H,4-5,10-13,19H2,1-3H3. The Balaban J connectivity index is 1.34.